The zero-order valence-electron chi connectivity index (χ0n) is 9.93. The second-order valence-corrected chi connectivity index (χ2v) is 5.13. The van der Waals surface area contributed by atoms with E-state index in [1.54, 1.807) is 0 Å². The van der Waals surface area contributed by atoms with Gasteiger partial charge in [0.05, 0.1) is 13.2 Å². The average molecular weight is 314 g/mol. The maximum atomic E-state index is 11.4. The Morgan fingerprint density at radius 3 is 3.00 bits per heavy atom. The number of primary amides is 1. The summed E-state index contributed by atoms with van der Waals surface area (Å²) in [6.45, 7) is 2.21. The second-order valence-electron chi connectivity index (χ2n) is 4.27. The molecular formula is C12H16BrN3O2. The van der Waals surface area contributed by atoms with Crippen LogP contribution in [0.15, 0.2) is 22.7 Å². The standard InChI is InChI=1S/C12H16BrN3O2/c13-9-2-1-3-10(14)8(9)6-16-4-5-18-7-11(16)12(15)17/h1-3,11H,4-7,14H2,(H2,15,17). The zero-order valence-corrected chi connectivity index (χ0v) is 11.5. The lowest BCUT2D eigenvalue weighted by Crippen LogP contribution is -2.51. The van der Waals surface area contributed by atoms with Crippen LogP contribution >= 0.6 is 15.9 Å². The number of nitrogens with two attached hydrogens (primary N) is 2. The average Bonchev–Trinajstić information content (AvgIpc) is 2.34. The van der Waals surface area contributed by atoms with Crippen LogP contribution in [0.25, 0.3) is 0 Å². The van der Waals surface area contributed by atoms with E-state index in [1.807, 2.05) is 23.1 Å². The summed E-state index contributed by atoms with van der Waals surface area (Å²) < 4.78 is 6.23. The molecule has 0 bridgehead atoms. The molecule has 5 nitrogen and oxygen atoms in total. The quantitative estimate of drug-likeness (QED) is 0.806. The van der Waals surface area contributed by atoms with Crippen LogP contribution in [-0.4, -0.2) is 36.6 Å². The highest BCUT2D eigenvalue weighted by Crippen LogP contribution is 2.25. The third-order valence-electron chi connectivity index (χ3n) is 3.08. The fourth-order valence-corrected chi connectivity index (χ4v) is 2.54. The summed E-state index contributed by atoms with van der Waals surface area (Å²) in [7, 11) is 0. The maximum Gasteiger partial charge on any atom is 0.237 e. The van der Waals surface area contributed by atoms with Crippen LogP contribution in [0.1, 0.15) is 5.56 Å². The first-order valence-corrected chi connectivity index (χ1v) is 6.53. The highest BCUT2D eigenvalue weighted by molar-refractivity contribution is 9.10. The van der Waals surface area contributed by atoms with E-state index < -0.39 is 0 Å². The molecule has 4 N–H and O–H groups in total. The lowest BCUT2D eigenvalue weighted by molar-refractivity contribution is -0.129. The Hall–Kier alpha value is -1.11. The van der Waals surface area contributed by atoms with Gasteiger partial charge in [0.1, 0.15) is 6.04 Å². The SMILES string of the molecule is NC(=O)C1COCCN1Cc1c(N)cccc1Br. The molecule has 0 spiro atoms. The summed E-state index contributed by atoms with van der Waals surface area (Å²) in [5, 5.41) is 0. The molecule has 0 aliphatic carbocycles. The lowest BCUT2D eigenvalue weighted by Gasteiger charge is -2.33. The molecule has 0 aromatic heterocycles. The van der Waals surface area contributed by atoms with Crippen LogP contribution in [0.5, 0.6) is 0 Å². The van der Waals surface area contributed by atoms with Gasteiger partial charge in [-0.15, -0.1) is 0 Å². The van der Waals surface area contributed by atoms with E-state index in [0.717, 1.165) is 10.0 Å². The molecule has 1 aromatic rings. The van der Waals surface area contributed by atoms with Crippen molar-refractivity contribution in [2.24, 2.45) is 5.73 Å². The first kappa shape index (κ1) is 13.3. The van der Waals surface area contributed by atoms with Crippen molar-refractivity contribution in [2.45, 2.75) is 12.6 Å². The molecule has 1 saturated heterocycles. The van der Waals surface area contributed by atoms with Gasteiger partial charge >= 0.3 is 0 Å². The topological polar surface area (TPSA) is 81.6 Å². The summed E-state index contributed by atoms with van der Waals surface area (Å²) >= 11 is 3.48. The molecule has 2 rings (SSSR count). The fourth-order valence-electron chi connectivity index (χ4n) is 2.03. The molecular weight excluding hydrogens is 298 g/mol. The van der Waals surface area contributed by atoms with E-state index in [1.165, 1.54) is 0 Å². The number of anilines is 1. The predicted molar refractivity (Wildman–Crippen MR) is 72.8 cm³/mol. The van der Waals surface area contributed by atoms with Gasteiger partial charge in [0.2, 0.25) is 5.91 Å². The van der Waals surface area contributed by atoms with Crippen LogP contribution in [0.3, 0.4) is 0 Å². The van der Waals surface area contributed by atoms with Crippen LogP contribution < -0.4 is 11.5 Å². The van der Waals surface area contributed by atoms with Crippen molar-refractivity contribution < 1.29 is 9.53 Å². The molecule has 1 amide bonds. The summed E-state index contributed by atoms with van der Waals surface area (Å²) in [6.07, 6.45) is 0. The van der Waals surface area contributed by atoms with Crippen LogP contribution in [0.4, 0.5) is 5.69 Å². The summed E-state index contributed by atoms with van der Waals surface area (Å²) in [4.78, 5) is 13.4. The number of amides is 1. The molecule has 1 aromatic carbocycles. The Kier molecular flexibility index (Phi) is 4.21. The monoisotopic (exact) mass is 313 g/mol. The summed E-state index contributed by atoms with van der Waals surface area (Å²) in [6, 6.07) is 5.28. The normalized spacial score (nSPS) is 20.8. The summed E-state index contributed by atoms with van der Waals surface area (Å²) in [5.74, 6) is -0.361. The minimum Gasteiger partial charge on any atom is -0.398 e. The van der Waals surface area contributed by atoms with Gasteiger partial charge in [-0.1, -0.05) is 22.0 Å². The van der Waals surface area contributed by atoms with E-state index in [0.29, 0.717) is 32.0 Å². The highest BCUT2D eigenvalue weighted by atomic mass is 79.9. The van der Waals surface area contributed by atoms with Gasteiger partial charge in [-0.2, -0.15) is 0 Å². The molecule has 98 valence electrons. The molecule has 0 saturated carbocycles. The zero-order chi connectivity index (χ0) is 13.1. The van der Waals surface area contributed by atoms with Crippen molar-refractivity contribution in [1.29, 1.82) is 0 Å². The summed E-state index contributed by atoms with van der Waals surface area (Å²) in [5.41, 5.74) is 13.0. The van der Waals surface area contributed by atoms with Crippen LogP contribution in [0.2, 0.25) is 0 Å². The molecule has 18 heavy (non-hydrogen) atoms. The number of morpholine rings is 1. The number of hydrogen-bond donors (Lipinski definition) is 2. The van der Waals surface area contributed by atoms with Gasteiger partial charge in [0, 0.05) is 28.8 Å². The Morgan fingerprint density at radius 2 is 2.33 bits per heavy atom. The number of nitrogens with zero attached hydrogens (tertiary/aromatic N) is 1. The van der Waals surface area contributed by atoms with Crippen molar-refractivity contribution in [3.63, 3.8) is 0 Å². The minimum atomic E-state index is -0.384. The number of nitrogen functional groups attached to an aromatic ring is 1. The van der Waals surface area contributed by atoms with Gasteiger partial charge in [0.15, 0.2) is 0 Å². The molecule has 6 heteroatoms. The number of carbonyl (C=O) groups is 1. The third-order valence-corrected chi connectivity index (χ3v) is 3.83. The minimum absolute atomic E-state index is 0.347. The highest BCUT2D eigenvalue weighted by Gasteiger charge is 2.28. The smallest absolute Gasteiger partial charge is 0.237 e. The molecule has 1 atom stereocenters. The largest absolute Gasteiger partial charge is 0.398 e. The van der Waals surface area contributed by atoms with Gasteiger partial charge in [-0.3, -0.25) is 9.69 Å². The molecule has 1 heterocycles. The van der Waals surface area contributed by atoms with Crippen molar-refractivity contribution in [2.75, 3.05) is 25.5 Å². The molecule has 1 fully saturated rings. The van der Waals surface area contributed by atoms with Crippen molar-refractivity contribution in [3.05, 3.63) is 28.2 Å². The van der Waals surface area contributed by atoms with Crippen LogP contribution in [-0.2, 0) is 16.1 Å². The number of benzene rings is 1. The number of halogens is 1. The van der Waals surface area contributed by atoms with Crippen molar-refractivity contribution in [1.82, 2.24) is 4.90 Å². The van der Waals surface area contributed by atoms with E-state index in [4.69, 9.17) is 16.2 Å². The Morgan fingerprint density at radius 1 is 1.56 bits per heavy atom. The first-order chi connectivity index (χ1) is 8.59. The maximum absolute atomic E-state index is 11.4. The predicted octanol–water partition coefficient (Wildman–Crippen LogP) is 0.717. The Balaban J connectivity index is 2.18. The van der Waals surface area contributed by atoms with Crippen molar-refractivity contribution in [3.8, 4) is 0 Å². The Labute approximate surface area is 114 Å². The van der Waals surface area contributed by atoms with Crippen LogP contribution in [0, 0.1) is 0 Å². The van der Waals surface area contributed by atoms with Gasteiger partial charge in [0.25, 0.3) is 0 Å². The molecule has 0 radical (unpaired) electrons. The van der Waals surface area contributed by atoms with E-state index in [-0.39, 0.29) is 11.9 Å². The number of ether oxygens (including phenoxy) is 1. The number of hydrogen-bond acceptors (Lipinski definition) is 4. The van der Waals surface area contributed by atoms with E-state index in [9.17, 15) is 4.79 Å². The van der Waals surface area contributed by atoms with Crippen molar-refractivity contribution >= 4 is 27.5 Å². The Bertz CT molecular complexity index is 433. The van der Waals surface area contributed by atoms with Gasteiger partial charge in [-0.25, -0.2) is 0 Å². The number of rotatable bonds is 3. The third kappa shape index (κ3) is 2.82. The van der Waals surface area contributed by atoms with Gasteiger partial charge < -0.3 is 16.2 Å². The fraction of sp³-hybridized carbons (Fsp3) is 0.417. The molecule has 1 unspecified atom stereocenters. The molecule has 1 aliphatic rings. The number of carbonyl (C=O) groups excluding carboxylic acids is 1. The van der Waals surface area contributed by atoms with E-state index in [2.05, 4.69) is 15.9 Å². The first-order valence-electron chi connectivity index (χ1n) is 5.73. The van der Waals surface area contributed by atoms with E-state index >= 15 is 0 Å². The molecule has 1 aliphatic heterocycles. The van der Waals surface area contributed by atoms with Gasteiger partial charge in [-0.05, 0) is 12.1 Å². The second kappa shape index (κ2) is 5.69. The lowest BCUT2D eigenvalue weighted by atomic mass is 10.1.